The predicted molar refractivity (Wildman–Crippen MR) is 89.9 cm³/mol. The number of amides is 1. The summed E-state index contributed by atoms with van der Waals surface area (Å²) in [5, 5.41) is 11.5. The van der Waals surface area contributed by atoms with Crippen molar-refractivity contribution in [3.05, 3.63) is 35.9 Å². The van der Waals surface area contributed by atoms with Crippen molar-refractivity contribution in [2.75, 3.05) is 13.1 Å². The fourth-order valence-corrected chi connectivity index (χ4v) is 4.43. The van der Waals surface area contributed by atoms with Crippen molar-refractivity contribution in [2.24, 2.45) is 17.3 Å². The summed E-state index contributed by atoms with van der Waals surface area (Å²) in [7, 11) is 0. The Kier molecular flexibility index (Phi) is 4.93. The quantitative estimate of drug-likeness (QED) is 0.831. The minimum Gasteiger partial charge on any atom is -0.550 e. The molecule has 1 aliphatic carbocycles. The third kappa shape index (κ3) is 3.63. The summed E-state index contributed by atoms with van der Waals surface area (Å²) in [6.45, 7) is 3.85. The Morgan fingerprint density at radius 1 is 1.29 bits per heavy atom. The van der Waals surface area contributed by atoms with Crippen molar-refractivity contribution >= 4 is 11.9 Å². The SMILES string of the molecule is C[C@]12CCCC[C@H]1CN(C(=O)CC(Cc1ccccc1)C(=O)[O-])C2. The third-order valence-corrected chi connectivity index (χ3v) is 5.96. The van der Waals surface area contributed by atoms with Crippen LogP contribution in [-0.4, -0.2) is 29.9 Å². The van der Waals surface area contributed by atoms with Gasteiger partial charge in [0.05, 0.1) is 0 Å². The number of rotatable bonds is 5. The first-order valence-corrected chi connectivity index (χ1v) is 9.00. The number of carbonyl (C=O) groups excluding carboxylic acids is 2. The molecule has 2 aliphatic rings. The average Bonchev–Trinajstić information content (AvgIpc) is 2.92. The molecule has 3 atom stereocenters. The van der Waals surface area contributed by atoms with Crippen LogP contribution in [0.5, 0.6) is 0 Å². The lowest BCUT2D eigenvalue weighted by Gasteiger charge is -2.34. The molecule has 1 aromatic rings. The molecule has 1 saturated carbocycles. The molecule has 0 bridgehead atoms. The van der Waals surface area contributed by atoms with Crippen LogP contribution in [0.2, 0.25) is 0 Å². The zero-order chi connectivity index (χ0) is 17.2. The maximum atomic E-state index is 12.7. The monoisotopic (exact) mass is 328 g/mol. The largest absolute Gasteiger partial charge is 0.550 e. The van der Waals surface area contributed by atoms with Gasteiger partial charge in [-0.3, -0.25) is 4.79 Å². The van der Waals surface area contributed by atoms with E-state index in [0.29, 0.717) is 12.3 Å². The zero-order valence-electron chi connectivity index (χ0n) is 14.4. The molecule has 1 amide bonds. The molecule has 0 spiro atoms. The molecule has 1 aliphatic heterocycles. The predicted octanol–water partition coefficient (Wildman–Crippen LogP) is 2.02. The van der Waals surface area contributed by atoms with Gasteiger partial charge in [0.15, 0.2) is 0 Å². The van der Waals surface area contributed by atoms with E-state index in [-0.39, 0.29) is 17.7 Å². The second-order valence-electron chi connectivity index (χ2n) is 7.78. The lowest BCUT2D eigenvalue weighted by Crippen LogP contribution is -2.38. The van der Waals surface area contributed by atoms with Crippen LogP contribution in [0.1, 0.15) is 44.6 Å². The smallest absolute Gasteiger partial charge is 0.223 e. The Morgan fingerprint density at radius 2 is 2.04 bits per heavy atom. The maximum absolute atomic E-state index is 12.7. The van der Waals surface area contributed by atoms with Crippen molar-refractivity contribution in [1.82, 2.24) is 4.90 Å². The molecule has 1 saturated heterocycles. The van der Waals surface area contributed by atoms with Crippen LogP contribution in [0.4, 0.5) is 0 Å². The molecule has 2 fully saturated rings. The molecule has 1 aromatic carbocycles. The lowest BCUT2D eigenvalue weighted by molar-refractivity contribution is -0.311. The fraction of sp³-hybridized carbons (Fsp3) is 0.600. The zero-order valence-corrected chi connectivity index (χ0v) is 14.4. The van der Waals surface area contributed by atoms with E-state index in [1.165, 1.54) is 25.7 Å². The molecule has 0 radical (unpaired) electrons. The molecular formula is C20H26NO3-. The third-order valence-electron chi connectivity index (χ3n) is 5.96. The van der Waals surface area contributed by atoms with E-state index in [1.807, 2.05) is 35.2 Å². The number of carboxylic acid groups (broad SMARTS) is 1. The molecule has 1 heterocycles. The van der Waals surface area contributed by atoms with E-state index in [0.717, 1.165) is 18.7 Å². The van der Waals surface area contributed by atoms with Crippen molar-refractivity contribution in [2.45, 2.75) is 45.4 Å². The number of carboxylic acids is 1. The van der Waals surface area contributed by atoms with Gasteiger partial charge in [0, 0.05) is 31.4 Å². The average molecular weight is 328 g/mol. The van der Waals surface area contributed by atoms with Gasteiger partial charge in [0.25, 0.3) is 0 Å². The Bertz CT molecular complexity index is 600. The second kappa shape index (κ2) is 6.96. The molecule has 24 heavy (non-hydrogen) atoms. The minimum absolute atomic E-state index is 0.0317. The second-order valence-corrected chi connectivity index (χ2v) is 7.78. The summed E-state index contributed by atoms with van der Waals surface area (Å²) in [6.07, 6.45) is 5.25. The molecule has 0 aromatic heterocycles. The van der Waals surface area contributed by atoms with E-state index in [1.54, 1.807) is 0 Å². The summed E-state index contributed by atoms with van der Waals surface area (Å²) in [6, 6.07) is 9.46. The van der Waals surface area contributed by atoms with Crippen LogP contribution in [0, 0.1) is 17.3 Å². The molecule has 3 rings (SSSR count). The Labute approximate surface area is 143 Å². The van der Waals surface area contributed by atoms with Gasteiger partial charge in [-0.2, -0.15) is 0 Å². The molecular weight excluding hydrogens is 302 g/mol. The number of likely N-dealkylation sites (tertiary alicyclic amines) is 1. The first-order valence-electron chi connectivity index (χ1n) is 9.00. The van der Waals surface area contributed by atoms with Gasteiger partial charge in [-0.15, -0.1) is 0 Å². The highest BCUT2D eigenvalue weighted by Crippen LogP contribution is 2.46. The van der Waals surface area contributed by atoms with Crippen molar-refractivity contribution in [3.63, 3.8) is 0 Å². The van der Waals surface area contributed by atoms with Gasteiger partial charge < -0.3 is 14.8 Å². The van der Waals surface area contributed by atoms with E-state index in [2.05, 4.69) is 6.92 Å². The van der Waals surface area contributed by atoms with Crippen LogP contribution in [0.25, 0.3) is 0 Å². The minimum atomic E-state index is -1.13. The first kappa shape index (κ1) is 17.0. The maximum Gasteiger partial charge on any atom is 0.223 e. The van der Waals surface area contributed by atoms with Gasteiger partial charge in [0.1, 0.15) is 0 Å². The Balaban J connectivity index is 1.63. The van der Waals surface area contributed by atoms with Crippen molar-refractivity contribution < 1.29 is 14.7 Å². The highest BCUT2D eigenvalue weighted by Gasteiger charge is 2.45. The van der Waals surface area contributed by atoms with Crippen LogP contribution < -0.4 is 5.11 Å². The van der Waals surface area contributed by atoms with Gasteiger partial charge in [0.2, 0.25) is 5.91 Å². The van der Waals surface area contributed by atoms with Crippen LogP contribution >= 0.6 is 0 Å². The Hall–Kier alpha value is -1.84. The van der Waals surface area contributed by atoms with Gasteiger partial charge in [-0.1, -0.05) is 50.1 Å². The van der Waals surface area contributed by atoms with Crippen LogP contribution in [0.15, 0.2) is 30.3 Å². The number of fused-ring (bicyclic) bond motifs is 1. The molecule has 0 N–H and O–H groups in total. The normalized spacial score (nSPS) is 27.5. The van der Waals surface area contributed by atoms with Gasteiger partial charge >= 0.3 is 0 Å². The fourth-order valence-electron chi connectivity index (χ4n) is 4.43. The van der Waals surface area contributed by atoms with Gasteiger partial charge in [-0.05, 0) is 36.2 Å². The first-order chi connectivity index (χ1) is 11.5. The van der Waals surface area contributed by atoms with E-state index in [4.69, 9.17) is 0 Å². The summed E-state index contributed by atoms with van der Waals surface area (Å²) in [5.41, 5.74) is 1.16. The molecule has 4 nitrogen and oxygen atoms in total. The molecule has 130 valence electrons. The Morgan fingerprint density at radius 3 is 2.71 bits per heavy atom. The number of aliphatic carboxylic acids is 1. The highest BCUT2D eigenvalue weighted by molar-refractivity contribution is 5.82. The number of nitrogens with zero attached hydrogens (tertiary/aromatic N) is 1. The van der Waals surface area contributed by atoms with E-state index in [9.17, 15) is 14.7 Å². The standard InChI is InChI=1S/C20H27NO3/c1-20-10-6-5-9-17(20)13-21(14-20)18(22)12-16(19(23)24)11-15-7-3-2-4-8-15/h2-4,7-8,16-17H,5-6,9-14H2,1H3,(H,23,24)/p-1/t16?,17-,20+/m0/s1. The van der Waals surface area contributed by atoms with Crippen LogP contribution in [-0.2, 0) is 16.0 Å². The van der Waals surface area contributed by atoms with Crippen molar-refractivity contribution in [3.8, 4) is 0 Å². The summed E-state index contributed by atoms with van der Waals surface area (Å²) in [5.74, 6) is -1.34. The number of hydrogen-bond acceptors (Lipinski definition) is 3. The van der Waals surface area contributed by atoms with Crippen LogP contribution in [0.3, 0.4) is 0 Å². The topological polar surface area (TPSA) is 60.4 Å². The van der Waals surface area contributed by atoms with E-state index < -0.39 is 11.9 Å². The highest BCUT2D eigenvalue weighted by atomic mass is 16.4. The number of benzene rings is 1. The van der Waals surface area contributed by atoms with Gasteiger partial charge in [-0.25, -0.2) is 0 Å². The number of carbonyl (C=O) groups is 2. The molecule has 4 heteroatoms. The van der Waals surface area contributed by atoms with E-state index >= 15 is 0 Å². The summed E-state index contributed by atoms with van der Waals surface area (Å²) in [4.78, 5) is 26.1. The lowest BCUT2D eigenvalue weighted by atomic mass is 9.70. The van der Waals surface area contributed by atoms with Crippen molar-refractivity contribution in [1.29, 1.82) is 0 Å². The number of hydrogen-bond donors (Lipinski definition) is 0. The summed E-state index contributed by atoms with van der Waals surface area (Å²) < 4.78 is 0. The molecule has 1 unspecified atom stereocenters. The summed E-state index contributed by atoms with van der Waals surface area (Å²) >= 11 is 0.